The molecule has 2 aromatic carbocycles. The van der Waals surface area contributed by atoms with E-state index in [4.69, 9.17) is 4.74 Å². The Bertz CT molecular complexity index is 793. The lowest BCUT2D eigenvalue weighted by atomic mass is 9.94. The lowest BCUT2D eigenvalue weighted by Crippen LogP contribution is -3.00. The first-order chi connectivity index (χ1) is 12.6. The van der Waals surface area contributed by atoms with E-state index in [-0.39, 0.29) is 23.1 Å². The third kappa shape index (κ3) is 3.20. The minimum atomic E-state index is 0. The molecule has 0 aromatic heterocycles. The van der Waals surface area contributed by atoms with Crippen molar-refractivity contribution in [1.29, 1.82) is 0 Å². The molecule has 2 unspecified atom stereocenters. The summed E-state index contributed by atoms with van der Waals surface area (Å²) in [5.74, 6) is 0. The van der Waals surface area contributed by atoms with E-state index in [2.05, 4.69) is 74.8 Å². The molecule has 2 fully saturated rings. The molecule has 0 radical (unpaired) electrons. The van der Waals surface area contributed by atoms with Gasteiger partial charge in [0, 0.05) is 25.7 Å². The first-order valence-electron chi connectivity index (χ1n) is 9.97. The average Bonchev–Trinajstić information content (AvgIpc) is 2.84. The fourth-order valence-corrected chi connectivity index (χ4v) is 5.43. The van der Waals surface area contributed by atoms with Crippen LogP contribution >= 0.6 is 0 Å². The third-order valence-corrected chi connectivity index (χ3v) is 7.11. The summed E-state index contributed by atoms with van der Waals surface area (Å²) in [6, 6.07) is 18.9. The van der Waals surface area contributed by atoms with Crippen molar-refractivity contribution in [2.24, 2.45) is 0 Å². The van der Waals surface area contributed by atoms with Gasteiger partial charge in [-0.1, -0.05) is 60.7 Å². The largest absolute Gasteiger partial charge is 1.00 e. The Labute approximate surface area is 173 Å². The minimum Gasteiger partial charge on any atom is -1.00 e. The highest BCUT2D eigenvalue weighted by molar-refractivity contribution is 5.76. The van der Waals surface area contributed by atoms with Gasteiger partial charge in [0.25, 0.3) is 0 Å². The normalized spacial score (nSPS) is 28.0. The zero-order valence-corrected chi connectivity index (χ0v) is 17.7. The second-order valence-electron chi connectivity index (χ2n) is 8.71. The average molecular weight is 426 g/mol. The van der Waals surface area contributed by atoms with E-state index >= 15 is 0 Å². The van der Waals surface area contributed by atoms with Crippen molar-refractivity contribution in [1.82, 2.24) is 0 Å². The quantitative estimate of drug-likeness (QED) is 0.669. The van der Waals surface area contributed by atoms with Gasteiger partial charge in [0.05, 0.1) is 32.3 Å². The van der Waals surface area contributed by atoms with Crippen LogP contribution in [0.5, 0.6) is 0 Å². The molecule has 3 aliphatic rings. The Morgan fingerprint density at radius 3 is 1.78 bits per heavy atom. The lowest BCUT2D eigenvalue weighted by Gasteiger charge is -2.44. The molecule has 142 valence electrons. The van der Waals surface area contributed by atoms with E-state index in [0.29, 0.717) is 6.10 Å². The first kappa shape index (κ1) is 18.9. The first-order valence-corrected chi connectivity index (χ1v) is 9.97. The van der Waals surface area contributed by atoms with Gasteiger partial charge in [-0.15, -0.1) is 0 Å². The highest BCUT2D eigenvalue weighted by atomic mass is 79.9. The second kappa shape index (κ2) is 7.20. The van der Waals surface area contributed by atoms with Crippen molar-refractivity contribution < 1.29 is 26.2 Å². The smallest absolute Gasteiger partial charge is 0.109 e. The van der Waals surface area contributed by atoms with Crippen LogP contribution in [-0.2, 0) is 4.74 Å². The van der Waals surface area contributed by atoms with Gasteiger partial charge in [-0.2, -0.15) is 0 Å². The molecule has 2 atom stereocenters. The Balaban J connectivity index is 0.00000180. The SMILES string of the molecule is C[N+]1(C)C2CCC1CC(OC1c3ccccc3C=Cc3ccccc31)C2.[Br-]. The van der Waals surface area contributed by atoms with Crippen LogP contribution in [0.2, 0.25) is 0 Å². The summed E-state index contributed by atoms with van der Waals surface area (Å²) < 4.78 is 8.08. The number of benzene rings is 2. The molecule has 1 aliphatic carbocycles. The van der Waals surface area contributed by atoms with E-state index in [9.17, 15) is 0 Å². The van der Waals surface area contributed by atoms with Crippen molar-refractivity contribution in [3.63, 3.8) is 0 Å². The van der Waals surface area contributed by atoms with Gasteiger partial charge in [0.2, 0.25) is 0 Å². The summed E-state index contributed by atoms with van der Waals surface area (Å²) >= 11 is 0. The number of nitrogens with zero attached hydrogens (tertiary/aromatic N) is 1. The molecule has 2 heterocycles. The van der Waals surface area contributed by atoms with Crippen molar-refractivity contribution in [2.75, 3.05) is 14.1 Å². The van der Waals surface area contributed by atoms with Crippen molar-refractivity contribution in [3.8, 4) is 0 Å². The fourth-order valence-electron chi connectivity index (χ4n) is 5.43. The number of rotatable bonds is 2. The van der Waals surface area contributed by atoms with Gasteiger partial charge in [-0.05, 0) is 22.3 Å². The van der Waals surface area contributed by atoms with E-state index in [1.807, 2.05) is 0 Å². The molecule has 2 saturated heterocycles. The molecular formula is C24H28BrNO. The Hall–Kier alpha value is -1.42. The molecule has 5 rings (SSSR count). The zero-order valence-electron chi connectivity index (χ0n) is 16.1. The molecule has 0 amide bonds. The van der Waals surface area contributed by atoms with E-state index < -0.39 is 0 Å². The summed E-state index contributed by atoms with van der Waals surface area (Å²) in [6.07, 6.45) is 9.98. The monoisotopic (exact) mass is 425 g/mol. The number of hydrogen-bond donors (Lipinski definition) is 0. The standard InChI is InChI=1S/C24H28NO.BrH/c1-25(2)19-13-14-20(25)16-21(15-19)26-24-22-9-5-3-7-17(22)11-12-18-8-4-6-10-23(18)24;/h3-12,19-21,24H,13-16H2,1-2H3;1H/q+1;/p-1. The number of hydrogen-bond acceptors (Lipinski definition) is 1. The molecule has 2 nitrogen and oxygen atoms in total. The molecule has 2 aliphatic heterocycles. The molecule has 0 spiro atoms. The van der Waals surface area contributed by atoms with Crippen molar-refractivity contribution in [2.45, 2.75) is 50.0 Å². The number of quaternary nitrogens is 1. The van der Waals surface area contributed by atoms with Gasteiger partial charge in [0.15, 0.2) is 0 Å². The number of piperidine rings is 1. The van der Waals surface area contributed by atoms with Gasteiger partial charge in [-0.3, -0.25) is 0 Å². The lowest BCUT2D eigenvalue weighted by molar-refractivity contribution is -0.931. The molecule has 0 N–H and O–H groups in total. The van der Waals surface area contributed by atoms with E-state index in [1.165, 1.54) is 52.4 Å². The molecule has 2 bridgehead atoms. The van der Waals surface area contributed by atoms with Crippen LogP contribution in [0.15, 0.2) is 48.5 Å². The molecule has 27 heavy (non-hydrogen) atoms. The van der Waals surface area contributed by atoms with Gasteiger partial charge in [-0.25, -0.2) is 0 Å². The Morgan fingerprint density at radius 1 is 0.778 bits per heavy atom. The van der Waals surface area contributed by atoms with Crippen LogP contribution < -0.4 is 17.0 Å². The number of halogens is 1. The number of fused-ring (bicyclic) bond motifs is 4. The minimum absolute atomic E-state index is 0. The Morgan fingerprint density at radius 2 is 1.26 bits per heavy atom. The maximum Gasteiger partial charge on any atom is 0.109 e. The molecular weight excluding hydrogens is 398 g/mol. The zero-order chi connectivity index (χ0) is 17.7. The van der Waals surface area contributed by atoms with Gasteiger partial charge < -0.3 is 26.2 Å². The predicted molar refractivity (Wildman–Crippen MR) is 107 cm³/mol. The highest BCUT2D eigenvalue weighted by Gasteiger charge is 2.49. The molecule has 3 heteroatoms. The van der Waals surface area contributed by atoms with Gasteiger partial charge in [0.1, 0.15) is 6.10 Å². The van der Waals surface area contributed by atoms with Crippen LogP contribution in [0, 0.1) is 0 Å². The molecule has 0 saturated carbocycles. The van der Waals surface area contributed by atoms with Crippen LogP contribution in [0.3, 0.4) is 0 Å². The van der Waals surface area contributed by atoms with Crippen LogP contribution in [-0.4, -0.2) is 36.8 Å². The van der Waals surface area contributed by atoms with Crippen LogP contribution in [0.1, 0.15) is 54.0 Å². The fraction of sp³-hybridized carbons (Fsp3) is 0.417. The van der Waals surface area contributed by atoms with Crippen LogP contribution in [0.25, 0.3) is 12.2 Å². The maximum absolute atomic E-state index is 6.89. The second-order valence-corrected chi connectivity index (χ2v) is 8.71. The summed E-state index contributed by atoms with van der Waals surface area (Å²) in [4.78, 5) is 0. The Kier molecular flexibility index (Phi) is 5.04. The summed E-state index contributed by atoms with van der Waals surface area (Å²) in [7, 11) is 4.83. The summed E-state index contributed by atoms with van der Waals surface area (Å²) in [5.41, 5.74) is 5.17. The van der Waals surface area contributed by atoms with Crippen LogP contribution in [0.4, 0.5) is 0 Å². The topological polar surface area (TPSA) is 9.23 Å². The van der Waals surface area contributed by atoms with E-state index in [1.54, 1.807) is 0 Å². The highest BCUT2D eigenvalue weighted by Crippen LogP contribution is 2.43. The summed E-state index contributed by atoms with van der Waals surface area (Å²) in [6.45, 7) is 0. The summed E-state index contributed by atoms with van der Waals surface area (Å²) in [5, 5.41) is 0. The third-order valence-electron chi connectivity index (χ3n) is 7.11. The van der Waals surface area contributed by atoms with Crippen molar-refractivity contribution >= 4 is 12.2 Å². The van der Waals surface area contributed by atoms with E-state index in [0.717, 1.165) is 12.1 Å². The predicted octanol–water partition coefficient (Wildman–Crippen LogP) is 2.05. The van der Waals surface area contributed by atoms with Gasteiger partial charge >= 0.3 is 0 Å². The number of ether oxygens (including phenoxy) is 1. The molecule has 2 aromatic rings. The van der Waals surface area contributed by atoms with Crippen molar-refractivity contribution in [3.05, 3.63) is 70.8 Å². The maximum atomic E-state index is 6.89.